The zero-order valence-electron chi connectivity index (χ0n) is 13.1. The minimum absolute atomic E-state index is 0.677. The summed E-state index contributed by atoms with van der Waals surface area (Å²) in [6.45, 7) is 10.7. The van der Waals surface area contributed by atoms with Crippen molar-refractivity contribution >= 4 is 0 Å². The third-order valence-electron chi connectivity index (χ3n) is 4.49. The van der Waals surface area contributed by atoms with Crippen LogP contribution in [0.4, 0.5) is 0 Å². The van der Waals surface area contributed by atoms with Crippen LogP contribution in [0.2, 0.25) is 0 Å². The summed E-state index contributed by atoms with van der Waals surface area (Å²) in [5.41, 5.74) is 1.41. The highest BCUT2D eigenvalue weighted by Gasteiger charge is 2.19. The van der Waals surface area contributed by atoms with Gasteiger partial charge in [0.05, 0.1) is 7.11 Å². The Morgan fingerprint density at radius 1 is 1.10 bits per heavy atom. The molecule has 0 saturated carbocycles. The lowest BCUT2D eigenvalue weighted by molar-refractivity contribution is 0.102. The predicted octanol–water partition coefficient (Wildman–Crippen LogP) is 2.65. The molecular formula is C17H28N2O. The monoisotopic (exact) mass is 276 g/mol. The van der Waals surface area contributed by atoms with E-state index >= 15 is 0 Å². The highest BCUT2D eigenvalue weighted by atomic mass is 16.5. The highest BCUT2D eigenvalue weighted by Crippen LogP contribution is 2.15. The van der Waals surface area contributed by atoms with Gasteiger partial charge in [0, 0.05) is 32.2 Å². The third-order valence-corrected chi connectivity index (χ3v) is 4.49. The summed E-state index contributed by atoms with van der Waals surface area (Å²) in [5.74, 6) is 0.942. The summed E-state index contributed by atoms with van der Waals surface area (Å²) in [7, 11) is 1.72. The van der Waals surface area contributed by atoms with Gasteiger partial charge in [0.1, 0.15) is 5.75 Å². The number of rotatable bonds is 6. The van der Waals surface area contributed by atoms with Crippen LogP contribution in [-0.2, 0) is 6.42 Å². The molecule has 0 bridgehead atoms. The van der Waals surface area contributed by atoms with Gasteiger partial charge in [-0.15, -0.1) is 0 Å². The molecule has 0 radical (unpaired) electrons. The third kappa shape index (κ3) is 4.22. The lowest BCUT2D eigenvalue weighted by atomic mass is 10.0. The van der Waals surface area contributed by atoms with Crippen LogP contribution in [-0.4, -0.2) is 55.7 Å². The second-order valence-electron chi connectivity index (χ2n) is 5.71. The van der Waals surface area contributed by atoms with E-state index in [4.69, 9.17) is 4.74 Å². The van der Waals surface area contributed by atoms with Crippen LogP contribution in [0.1, 0.15) is 25.8 Å². The molecule has 0 unspecified atom stereocenters. The van der Waals surface area contributed by atoms with Crippen LogP contribution < -0.4 is 4.74 Å². The van der Waals surface area contributed by atoms with E-state index in [0.717, 1.165) is 12.2 Å². The maximum absolute atomic E-state index is 5.20. The Kier molecular flexibility index (Phi) is 5.86. The molecule has 112 valence electrons. The van der Waals surface area contributed by atoms with E-state index in [1.54, 1.807) is 7.11 Å². The van der Waals surface area contributed by atoms with Crippen molar-refractivity contribution in [1.82, 2.24) is 9.80 Å². The van der Waals surface area contributed by atoms with Gasteiger partial charge in [0.15, 0.2) is 0 Å². The molecule has 0 aromatic heterocycles. The first-order valence-corrected chi connectivity index (χ1v) is 7.82. The zero-order chi connectivity index (χ0) is 14.4. The van der Waals surface area contributed by atoms with E-state index in [2.05, 4.69) is 47.9 Å². The van der Waals surface area contributed by atoms with E-state index in [9.17, 15) is 0 Å². The molecule has 1 aromatic rings. The van der Waals surface area contributed by atoms with E-state index in [1.807, 2.05) is 0 Å². The van der Waals surface area contributed by atoms with E-state index in [1.165, 1.54) is 44.7 Å². The highest BCUT2D eigenvalue weighted by molar-refractivity contribution is 5.27. The van der Waals surface area contributed by atoms with Crippen LogP contribution in [0.15, 0.2) is 24.3 Å². The lowest BCUT2D eigenvalue weighted by Crippen LogP contribution is -2.49. The number of piperazine rings is 1. The van der Waals surface area contributed by atoms with Crippen LogP contribution in [0.5, 0.6) is 5.75 Å². The first-order valence-electron chi connectivity index (χ1n) is 7.82. The minimum Gasteiger partial charge on any atom is -0.497 e. The van der Waals surface area contributed by atoms with Crippen molar-refractivity contribution < 1.29 is 4.74 Å². The largest absolute Gasteiger partial charge is 0.497 e. The van der Waals surface area contributed by atoms with Crippen LogP contribution in [0.3, 0.4) is 0 Å². The Labute approximate surface area is 123 Å². The summed E-state index contributed by atoms with van der Waals surface area (Å²) in [6, 6.07) is 9.15. The number of ether oxygens (including phenoxy) is 1. The fourth-order valence-corrected chi connectivity index (χ4v) is 2.87. The fourth-order valence-electron chi connectivity index (χ4n) is 2.87. The van der Waals surface area contributed by atoms with E-state index in [0.29, 0.717) is 6.04 Å². The molecule has 20 heavy (non-hydrogen) atoms. The molecule has 1 aromatic carbocycles. The maximum atomic E-state index is 5.20. The molecular weight excluding hydrogens is 248 g/mol. The van der Waals surface area contributed by atoms with Crippen molar-refractivity contribution in [2.24, 2.45) is 0 Å². The topological polar surface area (TPSA) is 15.7 Å². The number of aryl methyl sites for hydroxylation is 1. The maximum Gasteiger partial charge on any atom is 0.118 e. The van der Waals surface area contributed by atoms with Gasteiger partial charge in [0.2, 0.25) is 0 Å². The van der Waals surface area contributed by atoms with Gasteiger partial charge in [-0.25, -0.2) is 0 Å². The first-order chi connectivity index (χ1) is 9.72. The first kappa shape index (κ1) is 15.3. The Morgan fingerprint density at radius 3 is 2.30 bits per heavy atom. The minimum atomic E-state index is 0.677. The Balaban J connectivity index is 1.75. The summed E-state index contributed by atoms with van der Waals surface area (Å²) in [4.78, 5) is 5.17. The van der Waals surface area contributed by atoms with Crippen LogP contribution in [0.25, 0.3) is 0 Å². The van der Waals surface area contributed by atoms with Crippen molar-refractivity contribution in [3.05, 3.63) is 29.8 Å². The van der Waals surface area contributed by atoms with Crippen molar-refractivity contribution in [3.8, 4) is 5.75 Å². The van der Waals surface area contributed by atoms with Crippen molar-refractivity contribution in [3.63, 3.8) is 0 Å². The molecule has 0 spiro atoms. The van der Waals surface area contributed by atoms with E-state index in [-0.39, 0.29) is 0 Å². The van der Waals surface area contributed by atoms with Crippen molar-refractivity contribution in [2.45, 2.75) is 32.7 Å². The smallest absolute Gasteiger partial charge is 0.118 e. The van der Waals surface area contributed by atoms with Crippen molar-refractivity contribution in [2.75, 3.05) is 39.8 Å². The van der Waals surface area contributed by atoms with Gasteiger partial charge in [-0.3, -0.25) is 4.90 Å². The number of methoxy groups -OCH3 is 1. The van der Waals surface area contributed by atoms with Gasteiger partial charge in [-0.2, -0.15) is 0 Å². The number of benzene rings is 1. The summed E-state index contributed by atoms with van der Waals surface area (Å²) in [6.07, 6.45) is 2.39. The van der Waals surface area contributed by atoms with Crippen molar-refractivity contribution in [1.29, 1.82) is 0 Å². The molecule has 1 saturated heterocycles. The average Bonchev–Trinajstić information content (AvgIpc) is 2.53. The number of likely N-dealkylation sites (N-methyl/N-ethyl adjacent to an activating group) is 1. The molecule has 0 amide bonds. The summed E-state index contributed by atoms with van der Waals surface area (Å²) in [5, 5.41) is 0. The number of nitrogens with zero attached hydrogens (tertiary/aromatic N) is 2. The molecule has 1 fully saturated rings. The molecule has 1 heterocycles. The standard InChI is InChI=1S/C17H28N2O/c1-4-18-11-13-19(14-12-18)15(2)5-6-16-7-9-17(20-3)10-8-16/h7-10,15H,4-6,11-14H2,1-3H3/t15-/m1/s1. The molecule has 0 aliphatic carbocycles. The Bertz CT molecular complexity index is 382. The van der Waals surface area contributed by atoms with E-state index < -0.39 is 0 Å². The van der Waals surface area contributed by atoms with Gasteiger partial charge in [0.25, 0.3) is 0 Å². The van der Waals surface area contributed by atoms with Gasteiger partial charge in [-0.05, 0) is 44.0 Å². The zero-order valence-corrected chi connectivity index (χ0v) is 13.1. The van der Waals surface area contributed by atoms with Crippen LogP contribution >= 0.6 is 0 Å². The number of hydrogen-bond acceptors (Lipinski definition) is 3. The van der Waals surface area contributed by atoms with Crippen LogP contribution in [0, 0.1) is 0 Å². The quantitative estimate of drug-likeness (QED) is 0.794. The molecule has 2 rings (SSSR count). The molecule has 3 nitrogen and oxygen atoms in total. The summed E-state index contributed by atoms with van der Waals surface area (Å²) >= 11 is 0. The fraction of sp³-hybridized carbons (Fsp3) is 0.647. The molecule has 1 atom stereocenters. The number of hydrogen-bond donors (Lipinski definition) is 0. The predicted molar refractivity (Wildman–Crippen MR) is 84.5 cm³/mol. The Morgan fingerprint density at radius 2 is 1.75 bits per heavy atom. The molecule has 1 aliphatic rings. The normalized spacial score (nSPS) is 18.9. The van der Waals surface area contributed by atoms with Gasteiger partial charge in [-0.1, -0.05) is 19.1 Å². The second-order valence-corrected chi connectivity index (χ2v) is 5.71. The average molecular weight is 276 g/mol. The van der Waals surface area contributed by atoms with Gasteiger partial charge < -0.3 is 9.64 Å². The molecule has 3 heteroatoms. The molecule has 1 aliphatic heterocycles. The SMILES string of the molecule is CCN1CCN([C@H](C)CCc2ccc(OC)cc2)CC1. The lowest BCUT2D eigenvalue weighted by Gasteiger charge is -2.37. The summed E-state index contributed by atoms with van der Waals surface area (Å²) < 4.78 is 5.20. The Hall–Kier alpha value is -1.06. The second kappa shape index (κ2) is 7.65. The van der Waals surface area contributed by atoms with Gasteiger partial charge >= 0.3 is 0 Å². The molecule has 0 N–H and O–H groups in total.